The van der Waals surface area contributed by atoms with Crippen molar-refractivity contribution in [2.24, 2.45) is 0 Å². The number of amides is 1. The van der Waals surface area contributed by atoms with E-state index < -0.39 is 18.2 Å². The van der Waals surface area contributed by atoms with E-state index in [1.807, 2.05) is 30.3 Å². The molecule has 0 bridgehead atoms. The lowest BCUT2D eigenvalue weighted by Gasteiger charge is -2.11. The number of carbonyl (C=O) groups excluding carboxylic acids is 2. The first-order valence-corrected chi connectivity index (χ1v) is 5.43. The number of aliphatic hydroxyl groups excluding tert-OH is 1. The first-order valence-electron chi connectivity index (χ1n) is 5.43. The summed E-state index contributed by atoms with van der Waals surface area (Å²) in [5, 5.41) is 21.4. The van der Waals surface area contributed by atoms with E-state index in [4.69, 9.17) is 9.84 Å². The van der Waals surface area contributed by atoms with Gasteiger partial charge in [0.1, 0.15) is 6.61 Å². The lowest BCUT2D eigenvalue weighted by Crippen LogP contribution is -2.38. The number of rotatable bonds is 6. The average Bonchev–Trinajstić information content (AvgIpc) is 2.37. The zero-order valence-electron chi connectivity index (χ0n) is 9.67. The molecule has 1 aromatic rings. The minimum atomic E-state index is -1.58. The quantitative estimate of drug-likeness (QED) is 0.705. The molecule has 0 saturated carbocycles. The molecule has 0 unspecified atom stereocenters. The number of benzene rings is 1. The highest BCUT2D eigenvalue weighted by Gasteiger charge is 2.06. The number of hydrogen-bond acceptors (Lipinski definition) is 5. The molecule has 0 fully saturated rings. The van der Waals surface area contributed by atoms with Crippen LogP contribution in [0.3, 0.4) is 0 Å². The van der Waals surface area contributed by atoms with Crippen molar-refractivity contribution in [3.8, 4) is 0 Å². The van der Waals surface area contributed by atoms with Gasteiger partial charge in [0.2, 0.25) is 0 Å². The van der Waals surface area contributed by atoms with Crippen molar-refractivity contribution in [1.29, 1.82) is 0 Å². The van der Waals surface area contributed by atoms with E-state index in [2.05, 4.69) is 5.32 Å². The van der Waals surface area contributed by atoms with Crippen LogP contribution in [0.4, 0.5) is 4.79 Å². The SMILES string of the molecule is O=C(NCC[C@H](O)C(=O)[O-])OCc1ccccc1. The Morgan fingerprint density at radius 3 is 2.61 bits per heavy atom. The molecule has 0 heterocycles. The van der Waals surface area contributed by atoms with Crippen LogP contribution in [0.25, 0.3) is 0 Å². The lowest BCUT2D eigenvalue weighted by atomic mass is 10.2. The molecule has 0 saturated heterocycles. The van der Waals surface area contributed by atoms with E-state index in [1.165, 1.54) is 0 Å². The maximum atomic E-state index is 11.2. The summed E-state index contributed by atoms with van der Waals surface area (Å²) in [6, 6.07) is 9.13. The van der Waals surface area contributed by atoms with Crippen molar-refractivity contribution < 1.29 is 24.5 Å². The molecule has 18 heavy (non-hydrogen) atoms. The Morgan fingerprint density at radius 1 is 1.33 bits per heavy atom. The highest BCUT2D eigenvalue weighted by Crippen LogP contribution is 2.00. The van der Waals surface area contributed by atoms with Gasteiger partial charge in [-0.2, -0.15) is 0 Å². The molecule has 6 nitrogen and oxygen atoms in total. The second kappa shape index (κ2) is 7.29. The molecule has 1 aromatic carbocycles. The van der Waals surface area contributed by atoms with Crippen LogP contribution in [-0.4, -0.2) is 29.8 Å². The van der Waals surface area contributed by atoms with E-state index >= 15 is 0 Å². The van der Waals surface area contributed by atoms with Crippen LogP contribution in [0, 0.1) is 0 Å². The largest absolute Gasteiger partial charge is 0.547 e. The van der Waals surface area contributed by atoms with Gasteiger partial charge < -0.3 is 25.1 Å². The molecule has 0 radical (unpaired) electrons. The number of aliphatic carboxylic acids is 1. The third-order valence-electron chi connectivity index (χ3n) is 2.17. The van der Waals surface area contributed by atoms with Crippen LogP contribution in [0.15, 0.2) is 30.3 Å². The van der Waals surface area contributed by atoms with Gasteiger partial charge in [0, 0.05) is 6.54 Å². The molecular formula is C12H14NO5-. The summed E-state index contributed by atoms with van der Waals surface area (Å²) < 4.78 is 4.88. The Hall–Kier alpha value is -2.08. The highest BCUT2D eigenvalue weighted by atomic mass is 16.5. The summed E-state index contributed by atoms with van der Waals surface area (Å²) in [7, 11) is 0. The number of carboxylic acid groups (broad SMARTS) is 1. The van der Waals surface area contributed by atoms with E-state index in [0.29, 0.717) is 0 Å². The zero-order chi connectivity index (χ0) is 13.4. The normalized spacial score (nSPS) is 11.6. The van der Waals surface area contributed by atoms with Crippen LogP contribution < -0.4 is 10.4 Å². The van der Waals surface area contributed by atoms with Gasteiger partial charge in [-0.1, -0.05) is 30.3 Å². The summed E-state index contributed by atoms with van der Waals surface area (Å²) >= 11 is 0. The Kier molecular flexibility index (Phi) is 5.66. The van der Waals surface area contributed by atoms with Gasteiger partial charge in [-0.25, -0.2) is 4.79 Å². The van der Waals surface area contributed by atoms with Gasteiger partial charge in [-0.15, -0.1) is 0 Å². The van der Waals surface area contributed by atoms with Crippen LogP contribution in [0.2, 0.25) is 0 Å². The fraction of sp³-hybridized carbons (Fsp3) is 0.333. The van der Waals surface area contributed by atoms with Crippen LogP contribution >= 0.6 is 0 Å². The van der Waals surface area contributed by atoms with Crippen LogP contribution in [-0.2, 0) is 16.1 Å². The third kappa shape index (κ3) is 5.31. The Bertz CT molecular complexity index is 393. The summed E-state index contributed by atoms with van der Waals surface area (Å²) in [4.78, 5) is 21.4. The fourth-order valence-electron chi connectivity index (χ4n) is 1.20. The van der Waals surface area contributed by atoms with E-state index in [1.54, 1.807) is 0 Å². The third-order valence-corrected chi connectivity index (χ3v) is 2.17. The monoisotopic (exact) mass is 252 g/mol. The second-order valence-electron chi connectivity index (χ2n) is 3.61. The average molecular weight is 252 g/mol. The first kappa shape index (κ1) is 14.0. The number of aliphatic hydroxyl groups is 1. The van der Waals surface area contributed by atoms with E-state index in [9.17, 15) is 14.7 Å². The maximum absolute atomic E-state index is 11.2. The predicted molar refractivity (Wildman–Crippen MR) is 60.3 cm³/mol. The van der Waals surface area contributed by atoms with Crippen molar-refractivity contribution in [3.05, 3.63) is 35.9 Å². The molecule has 6 heteroatoms. The summed E-state index contributed by atoms with van der Waals surface area (Å²) in [6.45, 7) is 0.137. The molecule has 0 aromatic heterocycles. The van der Waals surface area contributed by atoms with E-state index in [0.717, 1.165) is 5.56 Å². The van der Waals surface area contributed by atoms with Crippen molar-refractivity contribution in [3.63, 3.8) is 0 Å². The fourth-order valence-corrected chi connectivity index (χ4v) is 1.20. The number of ether oxygens (including phenoxy) is 1. The summed E-state index contributed by atoms with van der Waals surface area (Å²) in [6.07, 6.45) is -2.37. The van der Waals surface area contributed by atoms with Crippen molar-refractivity contribution in [2.75, 3.05) is 6.54 Å². The molecule has 1 atom stereocenters. The first-order chi connectivity index (χ1) is 8.59. The van der Waals surface area contributed by atoms with Crippen molar-refractivity contribution in [2.45, 2.75) is 19.1 Å². The molecular weight excluding hydrogens is 238 g/mol. The zero-order valence-corrected chi connectivity index (χ0v) is 9.67. The van der Waals surface area contributed by atoms with Gasteiger partial charge in [0.05, 0.1) is 12.1 Å². The molecule has 98 valence electrons. The Balaban J connectivity index is 2.17. The molecule has 0 aliphatic carbocycles. The number of carboxylic acids is 1. The number of carbonyl (C=O) groups is 2. The Morgan fingerprint density at radius 2 is 2.00 bits per heavy atom. The number of alkyl carbamates (subject to hydrolysis) is 1. The lowest BCUT2D eigenvalue weighted by molar-refractivity contribution is -0.315. The Labute approximate surface area is 104 Å². The summed E-state index contributed by atoms with van der Waals surface area (Å²) in [5.74, 6) is -1.56. The van der Waals surface area contributed by atoms with E-state index in [-0.39, 0.29) is 19.6 Å². The van der Waals surface area contributed by atoms with Gasteiger partial charge in [-0.05, 0) is 12.0 Å². The molecule has 0 aliphatic heterocycles. The number of hydrogen-bond donors (Lipinski definition) is 2. The van der Waals surface area contributed by atoms with Gasteiger partial charge in [0.25, 0.3) is 0 Å². The minimum Gasteiger partial charge on any atom is -0.547 e. The predicted octanol–water partition coefficient (Wildman–Crippen LogP) is -0.586. The highest BCUT2D eigenvalue weighted by molar-refractivity contribution is 5.70. The maximum Gasteiger partial charge on any atom is 0.407 e. The molecule has 2 N–H and O–H groups in total. The van der Waals surface area contributed by atoms with Gasteiger partial charge in [0.15, 0.2) is 0 Å². The number of nitrogens with one attached hydrogen (secondary N) is 1. The smallest absolute Gasteiger partial charge is 0.407 e. The van der Waals surface area contributed by atoms with Crippen molar-refractivity contribution in [1.82, 2.24) is 5.32 Å². The summed E-state index contributed by atoms with van der Waals surface area (Å²) in [5.41, 5.74) is 0.849. The molecule has 1 amide bonds. The standard InChI is InChI=1S/C12H15NO5/c14-10(11(15)16)6-7-13-12(17)18-8-9-4-2-1-3-5-9/h1-5,10,14H,6-8H2,(H,13,17)(H,15,16)/p-1/t10-/m0/s1. The molecule has 0 spiro atoms. The molecule has 0 aliphatic rings. The van der Waals surface area contributed by atoms with Crippen LogP contribution in [0.5, 0.6) is 0 Å². The van der Waals surface area contributed by atoms with Gasteiger partial charge in [-0.3, -0.25) is 0 Å². The van der Waals surface area contributed by atoms with Crippen LogP contribution in [0.1, 0.15) is 12.0 Å². The topological polar surface area (TPSA) is 98.7 Å². The van der Waals surface area contributed by atoms with Crippen molar-refractivity contribution >= 4 is 12.1 Å². The van der Waals surface area contributed by atoms with Gasteiger partial charge >= 0.3 is 6.09 Å². The molecule has 1 rings (SSSR count). The second-order valence-corrected chi connectivity index (χ2v) is 3.61. The minimum absolute atomic E-state index is 0.00275.